The lowest BCUT2D eigenvalue weighted by molar-refractivity contribution is -0.563. The summed E-state index contributed by atoms with van der Waals surface area (Å²) >= 11 is 0. The van der Waals surface area contributed by atoms with Gasteiger partial charge < -0.3 is 0 Å². The third-order valence-corrected chi connectivity index (χ3v) is 3.67. The molecular weight excluding hydrogens is 262 g/mol. The van der Waals surface area contributed by atoms with Crippen molar-refractivity contribution in [1.82, 2.24) is 0 Å². The summed E-state index contributed by atoms with van der Waals surface area (Å²) in [6.07, 6.45) is 3.87. The molecule has 0 heterocycles. The van der Waals surface area contributed by atoms with Crippen LogP contribution in [0.2, 0.25) is 0 Å². The van der Waals surface area contributed by atoms with Gasteiger partial charge >= 0.3 is 0 Å². The molecule has 0 spiro atoms. The van der Waals surface area contributed by atoms with Gasteiger partial charge in [0, 0.05) is 18.8 Å². The highest BCUT2D eigenvalue weighted by Crippen LogP contribution is 2.32. The summed E-state index contributed by atoms with van der Waals surface area (Å²) < 4.78 is 0. The van der Waals surface area contributed by atoms with Crippen LogP contribution in [0.4, 0.5) is 0 Å². The van der Waals surface area contributed by atoms with Crippen LogP contribution in [0, 0.1) is 10.1 Å². The fourth-order valence-corrected chi connectivity index (χ4v) is 2.30. The van der Waals surface area contributed by atoms with E-state index in [9.17, 15) is 10.1 Å². The highest BCUT2D eigenvalue weighted by atomic mass is 16.6. The summed E-state index contributed by atoms with van der Waals surface area (Å²) in [5, 5.41) is 11.4. The van der Waals surface area contributed by atoms with Crippen LogP contribution in [0.15, 0.2) is 66.7 Å². The van der Waals surface area contributed by atoms with Gasteiger partial charge in [0.15, 0.2) is 0 Å². The van der Waals surface area contributed by atoms with Crippen molar-refractivity contribution in [3.8, 4) is 0 Å². The van der Waals surface area contributed by atoms with E-state index >= 15 is 0 Å². The Morgan fingerprint density at radius 3 is 2.05 bits per heavy atom. The number of nitro groups is 1. The summed E-state index contributed by atoms with van der Waals surface area (Å²) in [6, 6.07) is 19.4. The van der Waals surface area contributed by atoms with E-state index in [-0.39, 0.29) is 10.8 Å². The Morgan fingerprint density at radius 2 is 1.52 bits per heavy atom. The van der Waals surface area contributed by atoms with Crippen LogP contribution in [0.1, 0.15) is 30.9 Å². The van der Waals surface area contributed by atoms with Crippen molar-refractivity contribution < 1.29 is 4.92 Å². The quantitative estimate of drug-likeness (QED) is 0.596. The second-order valence-electron chi connectivity index (χ2n) is 5.57. The first-order valence-corrected chi connectivity index (χ1v) is 6.94. The van der Waals surface area contributed by atoms with E-state index in [0.717, 1.165) is 11.1 Å². The SMILES string of the molecule is CC(C)(C(/C=C/c1ccccc1)c1ccccc1)[N+](=O)[O-]. The maximum absolute atomic E-state index is 11.4. The van der Waals surface area contributed by atoms with Crippen LogP contribution in [0.25, 0.3) is 6.08 Å². The first-order valence-electron chi connectivity index (χ1n) is 6.94. The molecule has 1 unspecified atom stereocenters. The Bertz CT molecular complexity index is 618. The number of benzene rings is 2. The molecule has 21 heavy (non-hydrogen) atoms. The largest absolute Gasteiger partial charge is 0.264 e. The summed E-state index contributed by atoms with van der Waals surface area (Å²) in [5.74, 6) is -0.283. The number of hydrogen-bond acceptors (Lipinski definition) is 2. The maximum atomic E-state index is 11.4. The van der Waals surface area contributed by atoms with Crippen molar-refractivity contribution in [2.75, 3.05) is 0 Å². The molecule has 0 saturated carbocycles. The first-order chi connectivity index (χ1) is 10.0. The van der Waals surface area contributed by atoms with Crippen molar-refractivity contribution in [2.24, 2.45) is 0 Å². The molecule has 108 valence electrons. The predicted molar refractivity (Wildman–Crippen MR) is 85.7 cm³/mol. The van der Waals surface area contributed by atoms with Crippen molar-refractivity contribution in [2.45, 2.75) is 25.3 Å². The van der Waals surface area contributed by atoms with Crippen LogP contribution < -0.4 is 0 Å². The van der Waals surface area contributed by atoms with Gasteiger partial charge in [0.2, 0.25) is 5.54 Å². The van der Waals surface area contributed by atoms with E-state index < -0.39 is 5.54 Å². The topological polar surface area (TPSA) is 43.1 Å². The highest BCUT2D eigenvalue weighted by molar-refractivity contribution is 5.51. The van der Waals surface area contributed by atoms with Gasteiger partial charge in [-0.2, -0.15) is 0 Å². The van der Waals surface area contributed by atoms with Crippen LogP contribution in [0.3, 0.4) is 0 Å². The van der Waals surface area contributed by atoms with Gasteiger partial charge in [-0.05, 0) is 11.1 Å². The first kappa shape index (κ1) is 15.0. The number of nitrogens with zero attached hydrogens (tertiary/aromatic N) is 1. The monoisotopic (exact) mass is 281 g/mol. The second-order valence-corrected chi connectivity index (χ2v) is 5.57. The molecule has 0 radical (unpaired) electrons. The van der Waals surface area contributed by atoms with Gasteiger partial charge in [-0.25, -0.2) is 0 Å². The lowest BCUT2D eigenvalue weighted by Crippen LogP contribution is -2.37. The van der Waals surface area contributed by atoms with E-state index in [4.69, 9.17) is 0 Å². The van der Waals surface area contributed by atoms with Crippen LogP contribution in [-0.4, -0.2) is 10.5 Å². The Labute approximate surface area is 125 Å². The summed E-state index contributed by atoms with van der Waals surface area (Å²) in [7, 11) is 0. The number of hydrogen-bond donors (Lipinski definition) is 0. The van der Waals surface area contributed by atoms with Gasteiger partial charge in [-0.15, -0.1) is 0 Å². The Balaban J connectivity index is 2.38. The normalized spacial score (nSPS) is 13.2. The highest BCUT2D eigenvalue weighted by Gasteiger charge is 2.40. The molecule has 0 aliphatic rings. The van der Waals surface area contributed by atoms with Crippen LogP contribution in [0.5, 0.6) is 0 Å². The molecule has 0 saturated heterocycles. The molecule has 0 fully saturated rings. The molecule has 2 aromatic rings. The van der Waals surface area contributed by atoms with E-state index in [1.165, 1.54) is 0 Å². The van der Waals surface area contributed by atoms with Gasteiger partial charge in [0.05, 0.1) is 5.92 Å². The van der Waals surface area contributed by atoms with E-state index in [2.05, 4.69) is 0 Å². The van der Waals surface area contributed by atoms with Gasteiger partial charge in [0.25, 0.3) is 0 Å². The minimum Gasteiger partial charge on any atom is -0.264 e. The second kappa shape index (κ2) is 6.35. The average molecular weight is 281 g/mol. The molecular formula is C18H19NO2. The van der Waals surface area contributed by atoms with Crippen LogP contribution in [-0.2, 0) is 0 Å². The van der Waals surface area contributed by atoms with Crippen LogP contribution >= 0.6 is 0 Å². The standard InChI is InChI=1S/C18H19NO2/c1-18(2,19(20)21)17(16-11-7-4-8-12-16)14-13-15-9-5-3-6-10-15/h3-14,17H,1-2H3/b14-13+. The molecule has 3 heteroatoms. The molecule has 0 aliphatic heterocycles. The zero-order valence-corrected chi connectivity index (χ0v) is 12.3. The maximum Gasteiger partial charge on any atom is 0.226 e. The third kappa shape index (κ3) is 3.57. The van der Waals surface area contributed by atoms with Crippen molar-refractivity contribution in [1.29, 1.82) is 0 Å². The predicted octanol–water partition coefficient (Wildman–Crippen LogP) is 4.54. The number of rotatable bonds is 5. The molecule has 0 N–H and O–H groups in total. The van der Waals surface area contributed by atoms with E-state index in [1.807, 2.05) is 72.8 Å². The smallest absolute Gasteiger partial charge is 0.226 e. The summed E-state index contributed by atoms with van der Waals surface area (Å²) in [6.45, 7) is 3.33. The van der Waals surface area contributed by atoms with Crippen molar-refractivity contribution in [3.05, 3.63) is 88.0 Å². The Morgan fingerprint density at radius 1 is 1.00 bits per heavy atom. The van der Waals surface area contributed by atoms with Gasteiger partial charge in [-0.1, -0.05) is 72.8 Å². The zero-order chi connectivity index (χ0) is 15.3. The average Bonchev–Trinajstić information content (AvgIpc) is 2.49. The minimum atomic E-state index is -1.06. The van der Waals surface area contributed by atoms with Gasteiger partial charge in [-0.3, -0.25) is 10.1 Å². The molecule has 0 aliphatic carbocycles. The summed E-state index contributed by atoms with van der Waals surface area (Å²) in [4.78, 5) is 11.2. The Kier molecular flexibility index (Phi) is 4.53. The zero-order valence-electron chi connectivity index (χ0n) is 12.3. The lowest BCUT2D eigenvalue weighted by atomic mass is 9.82. The van der Waals surface area contributed by atoms with E-state index in [0.29, 0.717) is 0 Å². The molecule has 1 atom stereocenters. The fourth-order valence-electron chi connectivity index (χ4n) is 2.30. The molecule has 2 aromatic carbocycles. The lowest BCUT2D eigenvalue weighted by Gasteiger charge is -2.24. The molecule has 2 rings (SSSR count). The molecule has 0 bridgehead atoms. The molecule has 3 nitrogen and oxygen atoms in total. The Hall–Kier alpha value is -2.42. The molecule has 0 amide bonds. The molecule has 0 aromatic heterocycles. The van der Waals surface area contributed by atoms with Crippen molar-refractivity contribution >= 4 is 6.08 Å². The fraction of sp³-hybridized carbons (Fsp3) is 0.222. The van der Waals surface area contributed by atoms with Gasteiger partial charge in [0.1, 0.15) is 0 Å². The summed E-state index contributed by atoms with van der Waals surface area (Å²) in [5.41, 5.74) is 0.927. The minimum absolute atomic E-state index is 0.208. The van der Waals surface area contributed by atoms with Crippen molar-refractivity contribution in [3.63, 3.8) is 0 Å². The third-order valence-electron chi connectivity index (χ3n) is 3.67. The van der Waals surface area contributed by atoms with E-state index in [1.54, 1.807) is 13.8 Å².